The quantitative estimate of drug-likeness (QED) is 0.443. The predicted molar refractivity (Wildman–Crippen MR) is 15.0 cm³/mol. The normalized spacial score (nSPS) is 0. The molecule has 0 fully saturated rings. The van der Waals surface area contributed by atoms with Crippen molar-refractivity contribution < 1.29 is 43.6 Å². The van der Waals surface area contributed by atoms with E-state index in [0.717, 1.165) is 0 Å². The van der Waals surface area contributed by atoms with E-state index in [1.165, 1.54) is 0 Å². The molecule has 0 aliphatic carbocycles. The number of hydrogen-bond acceptors (Lipinski definition) is 4. The van der Waals surface area contributed by atoms with Crippen LogP contribution in [0.2, 0.25) is 0 Å². The van der Waals surface area contributed by atoms with Crippen molar-refractivity contribution in [2.24, 2.45) is 0 Å². The Morgan fingerprint density at radius 2 is 0.500 bits per heavy atom. The van der Waals surface area contributed by atoms with E-state index < -0.39 is 0 Å². The second-order valence-corrected chi connectivity index (χ2v) is 0. The third-order valence-corrected chi connectivity index (χ3v) is 0. The van der Waals surface area contributed by atoms with Crippen LogP contribution in [-0.2, 0) is 21.7 Å². The van der Waals surface area contributed by atoms with Gasteiger partial charge in [0.2, 0.25) is 0 Å². The van der Waals surface area contributed by atoms with Gasteiger partial charge in [0.15, 0.2) is 0 Å². The van der Waals surface area contributed by atoms with Crippen molar-refractivity contribution in [3.63, 3.8) is 0 Å². The monoisotopic (exact) mass is 152 g/mol. The van der Waals surface area contributed by atoms with Gasteiger partial charge in [-0.3, -0.25) is 0 Å². The van der Waals surface area contributed by atoms with Gasteiger partial charge in [-0.2, -0.15) is 0 Å². The Hall–Kier alpha value is 0.844. The molecule has 0 spiro atoms. The maximum Gasteiger partial charge on any atom is 4.00 e. The second-order valence-electron chi connectivity index (χ2n) is 0. The minimum atomic E-state index is 0. The molecule has 0 atom stereocenters. The van der Waals surface area contributed by atoms with E-state index in [1.807, 2.05) is 0 Å². The zero-order valence-electron chi connectivity index (χ0n) is 2.70. The van der Waals surface area contributed by atoms with Crippen molar-refractivity contribution in [3.05, 3.63) is 0 Å². The molecule has 6 heteroatoms. The number of hydrogen-bond donors (Lipinski definition) is 0. The fourth-order valence-corrected chi connectivity index (χ4v) is 0. The number of halogens is 1. The van der Waals surface area contributed by atoms with Crippen molar-refractivity contribution in [2.75, 3.05) is 0 Å². The summed E-state index contributed by atoms with van der Waals surface area (Å²) in [4.78, 5) is 0. The summed E-state index contributed by atoms with van der Waals surface area (Å²) in [5.74, 6) is 0. The molecule has 0 aromatic heterocycles. The molecule has 0 saturated carbocycles. The summed E-state index contributed by atoms with van der Waals surface area (Å²) in [6.45, 7) is 0. The molecule has 40 valence electrons. The van der Waals surface area contributed by atoms with Crippen LogP contribution in [0.1, 0.15) is 0 Å². The molecule has 4 nitrogen and oxygen atoms in total. The summed E-state index contributed by atoms with van der Waals surface area (Å²) < 4.78 is 0. The molecular formula is H5ClO4Ti. The van der Waals surface area contributed by atoms with Crippen molar-refractivity contribution >= 4 is 12.4 Å². The zero-order chi connectivity index (χ0) is 0. The van der Waals surface area contributed by atoms with Crippen molar-refractivity contribution in [3.8, 4) is 0 Å². The van der Waals surface area contributed by atoms with Gasteiger partial charge in [-0.15, -0.1) is 12.4 Å². The van der Waals surface area contributed by atoms with Gasteiger partial charge in [0.1, 0.15) is 0 Å². The Morgan fingerprint density at radius 3 is 0.500 bits per heavy atom. The maximum atomic E-state index is 0. The first kappa shape index (κ1) is 328. The predicted octanol–water partition coefficient (Wildman–Crippen LogP) is -0.288. The van der Waals surface area contributed by atoms with Crippen LogP contribution >= 0.6 is 12.4 Å². The molecule has 0 aromatic rings. The van der Waals surface area contributed by atoms with Crippen LogP contribution in [0.3, 0.4) is 0 Å². The Labute approximate surface area is 56.5 Å². The zero-order valence-corrected chi connectivity index (χ0v) is 5.08. The largest absolute Gasteiger partial charge is 4.00 e. The molecule has 0 aliphatic rings. The van der Waals surface area contributed by atoms with Crippen molar-refractivity contribution in [1.29, 1.82) is 0 Å². The second kappa shape index (κ2) is 192. The first-order valence-corrected chi connectivity index (χ1v) is 0. The van der Waals surface area contributed by atoms with Crippen LogP contribution in [0, 0.1) is 0 Å². The Morgan fingerprint density at radius 1 is 0.500 bits per heavy atom. The Balaban J connectivity index is 0. The standard InChI is InChI=1S/ClH.4H2O.Ti/h1H;4*1H2;/q;;;;;+4/p-4. The summed E-state index contributed by atoms with van der Waals surface area (Å²) in [5, 5.41) is 0. The fourth-order valence-electron chi connectivity index (χ4n) is 0. The first-order chi connectivity index (χ1) is 0. The maximum absolute atomic E-state index is 0. The number of rotatable bonds is 0. The van der Waals surface area contributed by atoms with E-state index in [4.69, 9.17) is 0 Å². The van der Waals surface area contributed by atoms with E-state index in [-0.39, 0.29) is 56.0 Å². The third-order valence-electron chi connectivity index (χ3n) is 0. The Kier molecular flexibility index (Phi) is 10500. The summed E-state index contributed by atoms with van der Waals surface area (Å²) in [5.41, 5.74) is 0. The van der Waals surface area contributed by atoms with Crippen molar-refractivity contribution in [2.45, 2.75) is 0 Å². The van der Waals surface area contributed by atoms with Gasteiger partial charge in [0.25, 0.3) is 0 Å². The average Bonchev–Trinajstić information content (AvgIpc) is 0. The topological polar surface area (TPSA) is 120 Å². The minimum Gasteiger partial charge on any atom is -0.870 e. The summed E-state index contributed by atoms with van der Waals surface area (Å²) in [6.07, 6.45) is 0. The van der Waals surface area contributed by atoms with Gasteiger partial charge in [-0.25, -0.2) is 0 Å². The van der Waals surface area contributed by atoms with Gasteiger partial charge >= 0.3 is 21.7 Å². The van der Waals surface area contributed by atoms with Crippen LogP contribution in [0.4, 0.5) is 0 Å². The molecule has 0 aromatic carbocycles. The van der Waals surface area contributed by atoms with Crippen LogP contribution in [0.15, 0.2) is 0 Å². The van der Waals surface area contributed by atoms with Crippen LogP contribution in [0.5, 0.6) is 0 Å². The Bertz CT molecular complexity index is 7.51. The molecule has 0 radical (unpaired) electrons. The smallest absolute Gasteiger partial charge is 0.870 e. The molecule has 0 amide bonds. The average molecular weight is 152 g/mol. The van der Waals surface area contributed by atoms with Crippen LogP contribution in [-0.4, -0.2) is 21.9 Å². The molecule has 0 heterocycles. The van der Waals surface area contributed by atoms with Crippen molar-refractivity contribution in [1.82, 2.24) is 0 Å². The van der Waals surface area contributed by atoms with Gasteiger partial charge in [0, 0.05) is 0 Å². The van der Waals surface area contributed by atoms with Gasteiger partial charge in [0.05, 0.1) is 0 Å². The molecular weight excluding hydrogens is 147 g/mol. The minimum absolute atomic E-state index is 0. The molecule has 0 saturated heterocycles. The summed E-state index contributed by atoms with van der Waals surface area (Å²) in [7, 11) is 0. The molecule has 0 bridgehead atoms. The van der Waals surface area contributed by atoms with Gasteiger partial charge < -0.3 is 21.9 Å². The SMILES string of the molecule is Cl.[OH-].[OH-].[OH-].[OH-].[Ti+4]. The molecule has 0 unspecified atom stereocenters. The fraction of sp³-hybridized carbons (Fsp3) is 0. The molecule has 0 rings (SSSR count). The van der Waals surface area contributed by atoms with E-state index >= 15 is 0 Å². The third kappa shape index (κ3) is 100. The van der Waals surface area contributed by atoms with Crippen LogP contribution in [0.25, 0.3) is 0 Å². The van der Waals surface area contributed by atoms with Gasteiger partial charge in [-0.05, 0) is 0 Å². The first-order valence-electron chi connectivity index (χ1n) is 0. The van der Waals surface area contributed by atoms with E-state index in [2.05, 4.69) is 0 Å². The molecule has 6 heavy (non-hydrogen) atoms. The van der Waals surface area contributed by atoms with E-state index in [0.29, 0.717) is 0 Å². The van der Waals surface area contributed by atoms with E-state index in [1.54, 1.807) is 0 Å². The summed E-state index contributed by atoms with van der Waals surface area (Å²) >= 11 is 0. The van der Waals surface area contributed by atoms with Crippen LogP contribution < -0.4 is 0 Å². The summed E-state index contributed by atoms with van der Waals surface area (Å²) in [6, 6.07) is 0. The molecule has 0 aliphatic heterocycles. The van der Waals surface area contributed by atoms with E-state index in [9.17, 15) is 0 Å². The van der Waals surface area contributed by atoms with Gasteiger partial charge in [-0.1, -0.05) is 0 Å². The molecule has 4 N–H and O–H groups in total.